The Morgan fingerprint density at radius 1 is 1.32 bits per heavy atom. The van der Waals surface area contributed by atoms with Gasteiger partial charge >= 0.3 is 0 Å². The van der Waals surface area contributed by atoms with Crippen molar-refractivity contribution >= 4 is 8.32 Å². The average Bonchev–Trinajstić information content (AvgIpc) is 2.70. The third kappa shape index (κ3) is 2.77. The predicted octanol–water partition coefficient (Wildman–Crippen LogP) is 5.17. The van der Waals surface area contributed by atoms with Crippen molar-refractivity contribution < 1.29 is 8.82 Å². The first kappa shape index (κ1) is 14.7. The molecule has 1 atom stereocenters. The summed E-state index contributed by atoms with van der Waals surface area (Å²) in [6.07, 6.45) is 2.12. The topological polar surface area (TPSA) is 9.23 Å². The molecule has 0 saturated heterocycles. The van der Waals surface area contributed by atoms with Crippen LogP contribution in [0.5, 0.6) is 0 Å². The van der Waals surface area contributed by atoms with Crippen molar-refractivity contribution in [2.24, 2.45) is 0 Å². The zero-order valence-electron chi connectivity index (χ0n) is 12.7. The Balaban J connectivity index is 2.24. The Labute approximate surface area is 117 Å². The second kappa shape index (κ2) is 5.02. The van der Waals surface area contributed by atoms with Crippen LogP contribution in [0.3, 0.4) is 0 Å². The monoisotopic (exact) mass is 280 g/mol. The van der Waals surface area contributed by atoms with Crippen LogP contribution in [0.4, 0.5) is 4.39 Å². The predicted molar refractivity (Wildman–Crippen MR) is 80.6 cm³/mol. The fourth-order valence-electron chi connectivity index (χ4n) is 2.47. The van der Waals surface area contributed by atoms with E-state index in [2.05, 4.69) is 39.9 Å². The summed E-state index contributed by atoms with van der Waals surface area (Å²) in [4.78, 5) is 0. The fraction of sp³-hybridized carbons (Fsp3) is 0.625. The smallest absolute Gasteiger partial charge is 0.192 e. The molecule has 0 unspecified atom stereocenters. The number of halogens is 1. The summed E-state index contributed by atoms with van der Waals surface area (Å²) in [6.45, 7) is 11.0. The highest BCUT2D eigenvalue weighted by Gasteiger charge is 2.40. The zero-order valence-corrected chi connectivity index (χ0v) is 13.7. The number of benzene rings is 1. The van der Waals surface area contributed by atoms with E-state index in [1.807, 2.05) is 12.1 Å². The maximum absolute atomic E-state index is 13.0. The summed E-state index contributed by atoms with van der Waals surface area (Å²) < 4.78 is 19.5. The van der Waals surface area contributed by atoms with E-state index < -0.39 is 8.32 Å². The fourth-order valence-corrected chi connectivity index (χ4v) is 3.78. The van der Waals surface area contributed by atoms with Crippen molar-refractivity contribution in [3.63, 3.8) is 0 Å². The van der Waals surface area contributed by atoms with Crippen LogP contribution in [0.2, 0.25) is 18.1 Å². The molecule has 0 fully saturated rings. The van der Waals surface area contributed by atoms with Gasteiger partial charge in [-0.3, -0.25) is 0 Å². The van der Waals surface area contributed by atoms with Gasteiger partial charge in [0.1, 0.15) is 6.67 Å². The Bertz CT molecular complexity index is 462. The van der Waals surface area contributed by atoms with E-state index in [9.17, 15) is 4.39 Å². The molecule has 2 rings (SSSR count). The molecule has 0 aliphatic heterocycles. The van der Waals surface area contributed by atoms with Gasteiger partial charge in [-0.1, -0.05) is 39.0 Å². The van der Waals surface area contributed by atoms with Crippen LogP contribution in [0.15, 0.2) is 18.2 Å². The van der Waals surface area contributed by atoms with Crippen molar-refractivity contribution in [2.75, 3.05) is 0 Å². The average molecular weight is 280 g/mol. The summed E-state index contributed by atoms with van der Waals surface area (Å²) in [5.41, 5.74) is 3.26. The van der Waals surface area contributed by atoms with Crippen LogP contribution < -0.4 is 0 Å². The second-order valence-electron chi connectivity index (χ2n) is 7.02. The molecule has 0 amide bonds. The van der Waals surface area contributed by atoms with Crippen molar-refractivity contribution in [1.29, 1.82) is 0 Å². The van der Waals surface area contributed by atoms with Gasteiger partial charge in [0.15, 0.2) is 8.32 Å². The molecule has 1 nitrogen and oxygen atoms in total. The lowest BCUT2D eigenvalue weighted by molar-refractivity contribution is 0.185. The molecule has 0 heterocycles. The normalized spacial score (nSPS) is 19.6. The van der Waals surface area contributed by atoms with E-state index in [-0.39, 0.29) is 17.8 Å². The molecule has 0 aromatic heterocycles. The summed E-state index contributed by atoms with van der Waals surface area (Å²) in [7, 11) is -1.76. The maximum Gasteiger partial charge on any atom is 0.192 e. The highest BCUT2D eigenvalue weighted by Crippen LogP contribution is 2.44. The third-order valence-corrected chi connectivity index (χ3v) is 9.19. The molecule has 106 valence electrons. The van der Waals surface area contributed by atoms with Crippen LogP contribution in [0.1, 0.15) is 50.0 Å². The van der Waals surface area contributed by atoms with Gasteiger partial charge in [-0.15, -0.1) is 0 Å². The van der Waals surface area contributed by atoms with Gasteiger partial charge < -0.3 is 4.43 Å². The summed E-state index contributed by atoms with van der Waals surface area (Å²) in [6, 6.07) is 5.97. The van der Waals surface area contributed by atoms with Crippen LogP contribution in [-0.2, 0) is 17.5 Å². The molecular formula is C16H25FOSi. The molecule has 3 heteroatoms. The van der Waals surface area contributed by atoms with Crippen LogP contribution >= 0.6 is 0 Å². The molecular weight excluding hydrogens is 255 g/mol. The SMILES string of the molecule is CC(C)(C)[Si](C)(C)O[C@H]1CCc2c(CF)cccc21. The summed E-state index contributed by atoms with van der Waals surface area (Å²) in [5.74, 6) is 0. The summed E-state index contributed by atoms with van der Waals surface area (Å²) >= 11 is 0. The lowest BCUT2D eigenvalue weighted by atomic mass is 10.0. The first-order valence-corrected chi connectivity index (χ1v) is 10.0. The van der Waals surface area contributed by atoms with Crippen LogP contribution in [0, 0.1) is 0 Å². The van der Waals surface area contributed by atoms with Gasteiger partial charge in [-0.2, -0.15) is 0 Å². The van der Waals surface area contributed by atoms with Gasteiger partial charge in [0.25, 0.3) is 0 Å². The van der Waals surface area contributed by atoms with Crippen LogP contribution in [-0.4, -0.2) is 8.32 Å². The van der Waals surface area contributed by atoms with E-state index in [1.54, 1.807) is 0 Å². The van der Waals surface area contributed by atoms with Gasteiger partial charge in [0.2, 0.25) is 0 Å². The quantitative estimate of drug-likeness (QED) is 0.694. The van der Waals surface area contributed by atoms with Gasteiger partial charge in [-0.05, 0) is 47.7 Å². The molecule has 1 aromatic rings. The number of fused-ring (bicyclic) bond motifs is 1. The number of hydrogen-bond acceptors (Lipinski definition) is 1. The number of hydrogen-bond donors (Lipinski definition) is 0. The molecule has 0 bridgehead atoms. The highest BCUT2D eigenvalue weighted by molar-refractivity contribution is 6.74. The molecule has 19 heavy (non-hydrogen) atoms. The maximum atomic E-state index is 13.0. The van der Waals surface area contributed by atoms with Gasteiger partial charge in [0.05, 0.1) is 6.10 Å². The van der Waals surface area contributed by atoms with Crippen molar-refractivity contribution in [2.45, 2.75) is 64.5 Å². The molecule has 0 radical (unpaired) electrons. The molecule has 0 saturated carbocycles. The molecule has 0 spiro atoms. The van der Waals surface area contributed by atoms with Gasteiger partial charge in [0, 0.05) is 0 Å². The minimum atomic E-state index is -1.76. The second-order valence-corrected chi connectivity index (χ2v) is 11.8. The van der Waals surface area contributed by atoms with Gasteiger partial charge in [-0.25, -0.2) is 4.39 Å². The van der Waals surface area contributed by atoms with Crippen molar-refractivity contribution in [3.05, 3.63) is 34.9 Å². The number of alkyl halides is 1. The van der Waals surface area contributed by atoms with Crippen molar-refractivity contribution in [1.82, 2.24) is 0 Å². The Hall–Kier alpha value is -0.673. The lowest BCUT2D eigenvalue weighted by Crippen LogP contribution is -2.41. The molecule has 1 aromatic carbocycles. The Kier molecular flexibility index (Phi) is 3.89. The molecule has 1 aliphatic rings. The zero-order chi connectivity index (χ0) is 14.3. The van der Waals surface area contributed by atoms with E-state index in [0.717, 1.165) is 18.4 Å². The first-order valence-electron chi connectivity index (χ1n) is 7.11. The molecule has 1 aliphatic carbocycles. The largest absolute Gasteiger partial charge is 0.410 e. The minimum Gasteiger partial charge on any atom is -0.410 e. The standard InChI is InChI=1S/C16H25FOSi/c1-16(2,3)19(4,5)18-15-10-9-13-12(11-17)7-6-8-14(13)15/h6-8,15H,9-11H2,1-5H3/t15-/m0/s1. The first-order chi connectivity index (χ1) is 8.76. The van der Waals surface area contributed by atoms with E-state index >= 15 is 0 Å². The third-order valence-electron chi connectivity index (χ3n) is 4.70. The van der Waals surface area contributed by atoms with E-state index in [0.29, 0.717) is 0 Å². The highest BCUT2D eigenvalue weighted by atomic mass is 28.4. The van der Waals surface area contributed by atoms with E-state index in [1.165, 1.54) is 11.1 Å². The van der Waals surface area contributed by atoms with E-state index in [4.69, 9.17) is 4.43 Å². The number of rotatable bonds is 3. The lowest BCUT2D eigenvalue weighted by Gasteiger charge is -2.38. The molecule has 0 N–H and O–H groups in total. The van der Waals surface area contributed by atoms with Crippen molar-refractivity contribution in [3.8, 4) is 0 Å². The minimum absolute atomic E-state index is 0.169. The van der Waals surface area contributed by atoms with Crippen LogP contribution in [0.25, 0.3) is 0 Å². The summed E-state index contributed by atoms with van der Waals surface area (Å²) in [5, 5.41) is 0.216. The Morgan fingerprint density at radius 2 is 2.00 bits per heavy atom. The Morgan fingerprint density at radius 3 is 2.58 bits per heavy atom.